The summed E-state index contributed by atoms with van der Waals surface area (Å²) in [6.45, 7) is 0. The lowest BCUT2D eigenvalue weighted by Gasteiger charge is -2.15. The Kier molecular flexibility index (Phi) is 6.51. The van der Waals surface area contributed by atoms with Gasteiger partial charge in [-0.3, -0.25) is 0 Å². The number of aromatic nitrogens is 1. The fourth-order valence-corrected chi connectivity index (χ4v) is 6.23. The van der Waals surface area contributed by atoms with Crippen molar-refractivity contribution in [1.82, 2.24) is 4.57 Å². The second kappa shape index (κ2) is 11.1. The van der Waals surface area contributed by atoms with E-state index < -0.39 is 0 Å². The Morgan fingerprint density at radius 1 is 0.318 bits per heavy atom. The van der Waals surface area contributed by atoms with Crippen molar-refractivity contribution in [1.29, 1.82) is 0 Å². The van der Waals surface area contributed by atoms with Gasteiger partial charge in [0.2, 0.25) is 0 Å². The molecule has 0 fully saturated rings. The molecule has 2 heteroatoms. The standard InChI is InChI=1S/C42H30N2/c1-2-10-30(11-3-1)31-18-20-32(21-19-31)33-22-26-35(27-23-33)43-36-28-24-34(25-29-36)37-12-4-7-15-40(37)44-41-16-8-5-13-38(41)39-14-6-9-17-42(39)44/h1-29,43H. The van der Waals surface area contributed by atoms with Crippen LogP contribution in [0.3, 0.4) is 0 Å². The first kappa shape index (κ1) is 25.8. The average molecular weight is 563 g/mol. The van der Waals surface area contributed by atoms with Crippen molar-refractivity contribution in [2.45, 2.75) is 0 Å². The monoisotopic (exact) mass is 562 g/mol. The van der Waals surface area contributed by atoms with Gasteiger partial charge in [0.05, 0.1) is 16.7 Å². The van der Waals surface area contributed by atoms with Gasteiger partial charge in [0.15, 0.2) is 0 Å². The molecule has 2 nitrogen and oxygen atoms in total. The summed E-state index contributed by atoms with van der Waals surface area (Å²) >= 11 is 0. The van der Waals surface area contributed by atoms with Gasteiger partial charge in [-0.2, -0.15) is 0 Å². The van der Waals surface area contributed by atoms with E-state index in [0.29, 0.717) is 0 Å². The van der Waals surface area contributed by atoms with Gasteiger partial charge < -0.3 is 9.88 Å². The van der Waals surface area contributed by atoms with E-state index in [1.54, 1.807) is 0 Å². The molecule has 1 heterocycles. The van der Waals surface area contributed by atoms with E-state index in [1.807, 2.05) is 0 Å². The third-order valence-corrected chi connectivity index (χ3v) is 8.42. The van der Waals surface area contributed by atoms with E-state index in [1.165, 1.54) is 60.9 Å². The Bertz CT molecular complexity index is 2150. The second-order valence-corrected chi connectivity index (χ2v) is 11.1. The van der Waals surface area contributed by atoms with Crippen molar-refractivity contribution >= 4 is 33.2 Å². The molecule has 0 bridgehead atoms. The number of nitrogens with one attached hydrogen (secondary N) is 1. The minimum atomic E-state index is 1.06. The highest BCUT2D eigenvalue weighted by Gasteiger charge is 2.14. The fourth-order valence-electron chi connectivity index (χ4n) is 6.23. The number of anilines is 2. The highest BCUT2D eigenvalue weighted by molar-refractivity contribution is 6.09. The van der Waals surface area contributed by atoms with Crippen LogP contribution >= 0.6 is 0 Å². The zero-order chi connectivity index (χ0) is 29.3. The van der Waals surface area contributed by atoms with E-state index in [0.717, 1.165) is 11.4 Å². The van der Waals surface area contributed by atoms with Gasteiger partial charge in [0, 0.05) is 27.7 Å². The van der Waals surface area contributed by atoms with Crippen LogP contribution in [0.5, 0.6) is 0 Å². The third-order valence-electron chi connectivity index (χ3n) is 8.42. The summed E-state index contributed by atoms with van der Waals surface area (Å²) in [5, 5.41) is 6.12. The maximum Gasteiger partial charge on any atom is 0.0541 e. The van der Waals surface area contributed by atoms with Crippen LogP contribution in [0.1, 0.15) is 0 Å². The van der Waals surface area contributed by atoms with Gasteiger partial charge >= 0.3 is 0 Å². The minimum Gasteiger partial charge on any atom is -0.356 e. The number of fused-ring (bicyclic) bond motifs is 3. The lowest BCUT2D eigenvalue weighted by Crippen LogP contribution is -1.97. The summed E-state index contributed by atoms with van der Waals surface area (Å²) in [6, 6.07) is 62.7. The van der Waals surface area contributed by atoms with Crippen molar-refractivity contribution in [3.05, 3.63) is 176 Å². The molecule has 0 saturated heterocycles. The quantitative estimate of drug-likeness (QED) is 0.213. The first-order valence-corrected chi connectivity index (χ1v) is 15.0. The van der Waals surface area contributed by atoms with Crippen molar-refractivity contribution < 1.29 is 0 Å². The molecule has 7 aromatic carbocycles. The van der Waals surface area contributed by atoms with Crippen LogP contribution in [0.15, 0.2) is 176 Å². The molecular weight excluding hydrogens is 532 g/mol. The first-order chi connectivity index (χ1) is 21.8. The number of hydrogen-bond donors (Lipinski definition) is 1. The van der Waals surface area contributed by atoms with E-state index in [4.69, 9.17) is 0 Å². The molecule has 8 rings (SSSR count). The highest BCUT2D eigenvalue weighted by Crippen LogP contribution is 2.36. The van der Waals surface area contributed by atoms with Crippen molar-refractivity contribution in [2.24, 2.45) is 0 Å². The lowest BCUT2D eigenvalue weighted by atomic mass is 10.0. The zero-order valence-electron chi connectivity index (χ0n) is 24.2. The maximum atomic E-state index is 3.58. The van der Waals surface area contributed by atoms with Crippen molar-refractivity contribution in [2.75, 3.05) is 5.32 Å². The van der Waals surface area contributed by atoms with Gasteiger partial charge in [0.25, 0.3) is 0 Å². The summed E-state index contributed by atoms with van der Waals surface area (Å²) in [7, 11) is 0. The normalized spacial score (nSPS) is 11.2. The smallest absolute Gasteiger partial charge is 0.0541 e. The second-order valence-electron chi connectivity index (χ2n) is 11.1. The summed E-state index contributed by atoms with van der Waals surface area (Å²) in [6.07, 6.45) is 0. The number of nitrogens with zero attached hydrogens (tertiary/aromatic N) is 1. The number of benzene rings is 7. The zero-order valence-corrected chi connectivity index (χ0v) is 24.2. The van der Waals surface area contributed by atoms with Gasteiger partial charge in [-0.15, -0.1) is 0 Å². The van der Waals surface area contributed by atoms with Crippen LogP contribution in [0.25, 0.3) is 60.9 Å². The van der Waals surface area contributed by atoms with Crippen LogP contribution in [0, 0.1) is 0 Å². The Hall–Kier alpha value is -5.86. The van der Waals surface area contributed by atoms with E-state index in [9.17, 15) is 0 Å². The molecule has 0 unspecified atom stereocenters. The fraction of sp³-hybridized carbons (Fsp3) is 0. The summed E-state index contributed by atoms with van der Waals surface area (Å²) in [4.78, 5) is 0. The molecule has 1 N–H and O–H groups in total. The first-order valence-electron chi connectivity index (χ1n) is 15.0. The van der Waals surface area contributed by atoms with Crippen molar-refractivity contribution in [3.8, 4) is 39.1 Å². The van der Waals surface area contributed by atoms with Crippen molar-refractivity contribution in [3.63, 3.8) is 0 Å². The SMILES string of the molecule is c1ccc(-c2ccc(-c3ccc(Nc4ccc(-c5ccccc5-n5c6ccccc6c6ccccc65)cc4)cc3)cc2)cc1. The van der Waals surface area contributed by atoms with Crippen LogP contribution in [-0.4, -0.2) is 4.57 Å². The molecule has 0 atom stereocenters. The van der Waals surface area contributed by atoms with E-state index >= 15 is 0 Å². The molecule has 0 spiro atoms. The van der Waals surface area contributed by atoms with Crippen LogP contribution in [0.4, 0.5) is 11.4 Å². The Morgan fingerprint density at radius 3 is 1.30 bits per heavy atom. The molecular formula is C42H30N2. The molecule has 208 valence electrons. The van der Waals surface area contributed by atoms with Gasteiger partial charge in [0.1, 0.15) is 0 Å². The molecule has 0 aliphatic rings. The predicted octanol–water partition coefficient (Wildman–Crippen LogP) is 11.5. The molecule has 44 heavy (non-hydrogen) atoms. The third kappa shape index (κ3) is 4.73. The molecule has 0 amide bonds. The molecule has 8 aromatic rings. The minimum absolute atomic E-state index is 1.06. The van der Waals surface area contributed by atoms with Gasteiger partial charge in [-0.25, -0.2) is 0 Å². The largest absolute Gasteiger partial charge is 0.356 e. The Balaban J connectivity index is 1.04. The number of para-hydroxylation sites is 3. The summed E-state index contributed by atoms with van der Waals surface area (Å²) < 4.78 is 2.39. The lowest BCUT2D eigenvalue weighted by molar-refractivity contribution is 1.18. The topological polar surface area (TPSA) is 17.0 Å². The van der Waals surface area contributed by atoms with Gasteiger partial charge in [-0.05, 0) is 70.3 Å². The molecule has 1 aromatic heterocycles. The Morgan fingerprint density at radius 2 is 0.727 bits per heavy atom. The van der Waals surface area contributed by atoms with E-state index in [2.05, 4.69) is 186 Å². The average Bonchev–Trinajstić information content (AvgIpc) is 3.44. The number of rotatable bonds is 6. The van der Waals surface area contributed by atoms with Gasteiger partial charge in [-0.1, -0.05) is 133 Å². The van der Waals surface area contributed by atoms with E-state index in [-0.39, 0.29) is 0 Å². The Labute approximate surface area is 257 Å². The van der Waals surface area contributed by atoms with Crippen LogP contribution in [-0.2, 0) is 0 Å². The summed E-state index contributed by atoms with van der Waals surface area (Å²) in [5.41, 5.74) is 13.0. The molecule has 0 aliphatic heterocycles. The van der Waals surface area contributed by atoms with Crippen LogP contribution < -0.4 is 5.32 Å². The molecule has 0 aliphatic carbocycles. The predicted molar refractivity (Wildman–Crippen MR) is 187 cm³/mol. The molecule has 0 radical (unpaired) electrons. The van der Waals surface area contributed by atoms with Crippen LogP contribution in [0.2, 0.25) is 0 Å². The summed E-state index contributed by atoms with van der Waals surface area (Å²) in [5.74, 6) is 0. The molecule has 0 saturated carbocycles. The number of hydrogen-bond acceptors (Lipinski definition) is 1. The maximum absolute atomic E-state index is 3.58. The highest BCUT2D eigenvalue weighted by atomic mass is 15.0.